The van der Waals surface area contributed by atoms with Gasteiger partial charge in [0.1, 0.15) is 0 Å². The number of likely N-dealkylation sites (N-methyl/N-ethyl adjacent to an activating group) is 1. The maximum absolute atomic E-state index is 12.3. The molecule has 0 spiro atoms. The van der Waals surface area contributed by atoms with E-state index in [0.717, 1.165) is 23.2 Å². The molecule has 2 aromatic heterocycles. The SMILES string of the molecule is CN(C)CC(=O)N1CCc2ncc(CNC(=O)c3cncc(Cl)c3)cc2C1. The van der Waals surface area contributed by atoms with Gasteiger partial charge in [-0.15, -0.1) is 0 Å². The third kappa shape index (κ3) is 5.02. The third-order valence-electron chi connectivity index (χ3n) is 4.32. The summed E-state index contributed by atoms with van der Waals surface area (Å²) in [5.41, 5.74) is 3.34. The summed E-state index contributed by atoms with van der Waals surface area (Å²) in [6.07, 6.45) is 5.47. The highest BCUT2D eigenvalue weighted by atomic mass is 35.5. The maximum atomic E-state index is 12.3. The molecular formula is C19H22ClN5O2. The van der Waals surface area contributed by atoms with Gasteiger partial charge in [-0.1, -0.05) is 11.6 Å². The summed E-state index contributed by atoms with van der Waals surface area (Å²) in [6, 6.07) is 3.58. The van der Waals surface area contributed by atoms with Crippen molar-refractivity contribution in [2.24, 2.45) is 0 Å². The number of carbonyl (C=O) groups excluding carboxylic acids is 2. The number of pyridine rings is 2. The fourth-order valence-electron chi connectivity index (χ4n) is 2.98. The number of rotatable bonds is 5. The summed E-state index contributed by atoms with van der Waals surface area (Å²) in [5.74, 6) is -0.136. The smallest absolute Gasteiger partial charge is 0.253 e. The molecule has 0 fully saturated rings. The number of fused-ring (bicyclic) bond motifs is 1. The molecule has 0 aromatic carbocycles. The van der Waals surface area contributed by atoms with E-state index in [1.54, 1.807) is 12.3 Å². The van der Waals surface area contributed by atoms with Crippen molar-refractivity contribution in [1.82, 2.24) is 25.1 Å². The lowest BCUT2D eigenvalue weighted by Gasteiger charge is -2.29. The fraction of sp³-hybridized carbons (Fsp3) is 0.368. The fourth-order valence-corrected chi connectivity index (χ4v) is 3.15. The van der Waals surface area contributed by atoms with Crippen molar-refractivity contribution in [2.45, 2.75) is 19.5 Å². The van der Waals surface area contributed by atoms with E-state index in [1.807, 2.05) is 30.0 Å². The van der Waals surface area contributed by atoms with Crippen molar-refractivity contribution in [2.75, 3.05) is 27.2 Å². The average Bonchev–Trinajstić information content (AvgIpc) is 2.64. The molecule has 142 valence electrons. The van der Waals surface area contributed by atoms with Gasteiger partial charge in [-0.3, -0.25) is 19.6 Å². The lowest BCUT2D eigenvalue weighted by molar-refractivity contribution is -0.132. The summed E-state index contributed by atoms with van der Waals surface area (Å²) in [7, 11) is 3.77. The number of halogens is 1. The highest BCUT2D eigenvalue weighted by molar-refractivity contribution is 6.30. The second kappa shape index (κ2) is 8.45. The van der Waals surface area contributed by atoms with Crippen LogP contribution in [0.15, 0.2) is 30.7 Å². The first-order valence-corrected chi connectivity index (χ1v) is 9.08. The zero-order chi connectivity index (χ0) is 19.4. The Morgan fingerprint density at radius 3 is 2.81 bits per heavy atom. The molecule has 0 aliphatic carbocycles. The van der Waals surface area contributed by atoms with Crippen molar-refractivity contribution < 1.29 is 9.59 Å². The second-order valence-electron chi connectivity index (χ2n) is 6.83. The maximum Gasteiger partial charge on any atom is 0.253 e. The van der Waals surface area contributed by atoms with Crippen LogP contribution in [0, 0.1) is 0 Å². The van der Waals surface area contributed by atoms with Crippen LogP contribution in [0.3, 0.4) is 0 Å². The Hall–Kier alpha value is -2.51. The number of hydrogen-bond donors (Lipinski definition) is 1. The van der Waals surface area contributed by atoms with Gasteiger partial charge in [-0.25, -0.2) is 0 Å². The van der Waals surface area contributed by atoms with E-state index in [0.29, 0.717) is 36.8 Å². The number of nitrogens with zero attached hydrogens (tertiary/aromatic N) is 4. The van der Waals surface area contributed by atoms with Crippen molar-refractivity contribution in [3.63, 3.8) is 0 Å². The van der Waals surface area contributed by atoms with Crippen LogP contribution >= 0.6 is 11.6 Å². The van der Waals surface area contributed by atoms with Crippen LogP contribution in [0.2, 0.25) is 5.02 Å². The minimum Gasteiger partial charge on any atom is -0.348 e. The normalized spacial score (nSPS) is 13.4. The van der Waals surface area contributed by atoms with Gasteiger partial charge in [0.15, 0.2) is 0 Å². The molecule has 1 aliphatic heterocycles. The van der Waals surface area contributed by atoms with E-state index in [-0.39, 0.29) is 11.8 Å². The van der Waals surface area contributed by atoms with Crippen LogP contribution < -0.4 is 5.32 Å². The third-order valence-corrected chi connectivity index (χ3v) is 4.53. The zero-order valence-electron chi connectivity index (χ0n) is 15.4. The zero-order valence-corrected chi connectivity index (χ0v) is 16.2. The van der Waals surface area contributed by atoms with Crippen molar-refractivity contribution in [3.05, 3.63) is 58.1 Å². The highest BCUT2D eigenvalue weighted by Crippen LogP contribution is 2.18. The Labute approximate surface area is 163 Å². The van der Waals surface area contributed by atoms with Gasteiger partial charge in [0, 0.05) is 50.3 Å². The molecule has 0 saturated carbocycles. The molecule has 7 nitrogen and oxygen atoms in total. The number of carbonyl (C=O) groups is 2. The Morgan fingerprint density at radius 1 is 1.26 bits per heavy atom. The summed E-state index contributed by atoms with van der Waals surface area (Å²) in [4.78, 5) is 36.6. The Balaban J connectivity index is 1.64. The van der Waals surface area contributed by atoms with Gasteiger partial charge in [0.2, 0.25) is 5.91 Å². The summed E-state index contributed by atoms with van der Waals surface area (Å²) in [5, 5.41) is 3.26. The minimum atomic E-state index is -0.245. The average molecular weight is 388 g/mol. The highest BCUT2D eigenvalue weighted by Gasteiger charge is 2.22. The standard InChI is InChI=1S/C19H22ClN5O2/c1-24(2)12-18(26)25-4-3-17-15(11-25)5-13(7-22-17)8-23-19(27)14-6-16(20)10-21-9-14/h5-7,9-10H,3-4,8,11-12H2,1-2H3,(H,23,27). The van der Waals surface area contributed by atoms with E-state index in [1.165, 1.54) is 12.4 Å². The molecule has 8 heteroatoms. The Bertz CT molecular complexity index is 856. The summed E-state index contributed by atoms with van der Waals surface area (Å²) in [6.45, 7) is 1.98. The first-order valence-electron chi connectivity index (χ1n) is 8.70. The number of nitrogens with one attached hydrogen (secondary N) is 1. The summed E-state index contributed by atoms with van der Waals surface area (Å²) >= 11 is 5.87. The van der Waals surface area contributed by atoms with Crippen LogP contribution in [-0.4, -0.2) is 58.8 Å². The van der Waals surface area contributed by atoms with E-state index < -0.39 is 0 Å². The van der Waals surface area contributed by atoms with Crippen LogP contribution in [0.4, 0.5) is 0 Å². The van der Waals surface area contributed by atoms with Gasteiger partial charge >= 0.3 is 0 Å². The molecule has 0 saturated heterocycles. The van der Waals surface area contributed by atoms with Gasteiger partial charge in [-0.05, 0) is 37.4 Å². The van der Waals surface area contributed by atoms with E-state index >= 15 is 0 Å². The monoisotopic (exact) mass is 387 g/mol. The quantitative estimate of drug-likeness (QED) is 0.841. The van der Waals surface area contributed by atoms with Crippen LogP contribution in [-0.2, 0) is 24.3 Å². The topological polar surface area (TPSA) is 78.4 Å². The van der Waals surface area contributed by atoms with E-state index in [4.69, 9.17) is 11.6 Å². The molecule has 0 atom stereocenters. The number of amides is 2. The first kappa shape index (κ1) is 19.3. The molecule has 1 N–H and O–H groups in total. The molecule has 2 aromatic rings. The molecule has 2 amide bonds. The Morgan fingerprint density at radius 2 is 2.07 bits per heavy atom. The largest absolute Gasteiger partial charge is 0.348 e. The van der Waals surface area contributed by atoms with Gasteiger partial charge in [-0.2, -0.15) is 0 Å². The molecule has 0 radical (unpaired) electrons. The molecule has 27 heavy (non-hydrogen) atoms. The van der Waals surface area contributed by atoms with Crippen molar-refractivity contribution >= 4 is 23.4 Å². The summed E-state index contributed by atoms with van der Waals surface area (Å²) < 4.78 is 0. The molecule has 0 unspecified atom stereocenters. The number of aromatic nitrogens is 2. The van der Waals surface area contributed by atoms with Gasteiger partial charge in [0.05, 0.1) is 17.1 Å². The lowest BCUT2D eigenvalue weighted by atomic mass is 10.0. The van der Waals surface area contributed by atoms with Crippen LogP contribution in [0.25, 0.3) is 0 Å². The molecule has 3 rings (SSSR count). The van der Waals surface area contributed by atoms with Gasteiger partial charge in [0.25, 0.3) is 5.91 Å². The van der Waals surface area contributed by atoms with Crippen LogP contribution in [0.5, 0.6) is 0 Å². The predicted molar refractivity (Wildman–Crippen MR) is 102 cm³/mol. The van der Waals surface area contributed by atoms with E-state index in [2.05, 4.69) is 15.3 Å². The molecule has 3 heterocycles. The second-order valence-corrected chi connectivity index (χ2v) is 7.26. The lowest BCUT2D eigenvalue weighted by Crippen LogP contribution is -2.41. The van der Waals surface area contributed by atoms with Gasteiger partial charge < -0.3 is 15.1 Å². The van der Waals surface area contributed by atoms with E-state index in [9.17, 15) is 9.59 Å². The van der Waals surface area contributed by atoms with Crippen molar-refractivity contribution in [3.8, 4) is 0 Å². The predicted octanol–water partition coefficient (Wildman–Crippen LogP) is 1.51. The molecular weight excluding hydrogens is 366 g/mol. The van der Waals surface area contributed by atoms with Crippen molar-refractivity contribution in [1.29, 1.82) is 0 Å². The first-order chi connectivity index (χ1) is 12.9. The van der Waals surface area contributed by atoms with Crippen LogP contribution in [0.1, 0.15) is 27.2 Å². The molecule has 1 aliphatic rings. The number of hydrogen-bond acceptors (Lipinski definition) is 5. The molecule has 0 bridgehead atoms. The Kier molecular flexibility index (Phi) is 6.03. The minimum absolute atomic E-state index is 0.109.